The van der Waals surface area contributed by atoms with Crippen LogP contribution in [0.2, 0.25) is 0 Å². The standard InChI is InChI=1S/C15H22N6O3S/c1-6-23-14(22)12-8(2)18-13(25-12)9(3)19-15(16-5)17-7-11-20-10(4)24-21-11/h9H,6-7H2,1-5H3,(H2,16,17,19). The predicted octanol–water partition coefficient (Wildman–Crippen LogP) is 1.75. The van der Waals surface area contributed by atoms with Gasteiger partial charge in [0, 0.05) is 14.0 Å². The van der Waals surface area contributed by atoms with Gasteiger partial charge >= 0.3 is 5.97 Å². The SMILES string of the molecule is CCOC(=O)c1sc(C(C)NC(=NC)NCc2noc(C)n2)nc1C. The summed E-state index contributed by atoms with van der Waals surface area (Å²) >= 11 is 1.32. The normalized spacial score (nSPS) is 12.8. The number of esters is 1. The Balaban J connectivity index is 1.98. The van der Waals surface area contributed by atoms with Gasteiger partial charge in [-0.15, -0.1) is 11.3 Å². The Labute approximate surface area is 149 Å². The zero-order valence-corrected chi connectivity index (χ0v) is 15.7. The van der Waals surface area contributed by atoms with Gasteiger partial charge in [0.15, 0.2) is 11.8 Å². The number of hydrogen-bond donors (Lipinski definition) is 2. The lowest BCUT2D eigenvalue weighted by atomic mass is 10.3. The number of guanidine groups is 1. The van der Waals surface area contributed by atoms with Crippen LogP contribution in [0.15, 0.2) is 9.52 Å². The molecule has 1 atom stereocenters. The van der Waals surface area contributed by atoms with Gasteiger partial charge in [-0.3, -0.25) is 4.99 Å². The number of ether oxygens (including phenoxy) is 1. The Morgan fingerprint density at radius 2 is 2.16 bits per heavy atom. The van der Waals surface area contributed by atoms with E-state index in [1.54, 1.807) is 27.8 Å². The van der Waals surface area contributed by atoms with Gasteiger partial charge in [0.1, 0.15) is 9.88 Å². The molecule has 2 aromatic heterocycles. The highest BCUT2D eigenvalue weighted by atomic mass is 32.1. The van der Waals surface area contributed by atoms with Crippen LogP contribution in [0.1, 0.15) is 52.0 Å². The van der Waals surface area contributed by atoms with Crippen molar-refractivity contribution in [2.75, 3.05) is 13.7 Å². The highest BCUT2D eigenvalue weighted by molar-refractivity contribution is 7.13. The van der Waals surface area contributed by atoms with Crippen molar-refractivity contribution >= 4 is 23.3 Å². The first-order chi connectivity index (χ1) is 11.9. The third-order valence-corrected chi connectivity index (χ3v) is 4.52. The lowest BCUT2D eigenvalue weighted by Gasteiger charge is -2.15. The molecule has 0 radical (unpaired) electrons. The molecule has 2 heterocycles. The van der Waals surface area contributed by atoms with E-state index in [1.807, 2.05) is 6.92 Å². The second kappa shape index (κ2) is 8.56. The van der Waals surface area contributed by atoms with Gasteiger partial charge in [0.2, 0.25) is 5.89 Å². The maximum absolute atomic E-state index is 11.9. The molecule has 0 bridgehead atoms. The maximum atomic E-state index is 11.9. The molecule has 25 heavy (non-hydrogen) atoms. The largest absolute Gasteiger partial charge is 0.462 e. The van der Waals surface area contributed by atoms with E-state index < -0.39 is 0 Å². The highest BCUT2D eigenvalue weighted by Gasteiger charge is 2.20. The molecule has 0 aliphatic carbocycles. The first-order valence-corrected chi connectivity index (χ1v) is 8.67. The Kier molecular flexibility index (Phi) is 6.45. The second-order valence-electron chi connectivity index (χ2n) is 5.21. The van der Waals surface area contributed by atoms with E-state index in [2.05, 4.69) is 30.8 Å². The number of nitrogens with zero attached hydrogens (tertiary/aromatic N) is 4. The number of hydrogen-bond acceptors (Lipinski definition) is 8. The number of carbonyl (C=O) groups excluding carboxylic acids is 1. The number of aliphatic imine (C=N–C) groups is 1. The first kappa shape index (κ1) is 18.8. The number of nitrogens with one attached hydrogen (secondary N) is 2. The topological polar surface area (TPSA) is 115 Å². The van der Waals surface area contributed by atoms with Gasteiger partial charge in [-0.25, -0.2) is 9.78 Å². The van der Waals surface area contributed by atoms with Crippen LogP contribution in [-0.2, 0) is 11.3 Å². The summed E-state index contributed by atoms with van der Waals surface area (Å²) in [5.41, 5.74) is 0.664. The third-order valence-electron chi connectivity index (χ3n) is 3.20. The Morgan fingerprint density at radius 3 is 2.76 bits per heavy atom. The number of aryl methyl sites for hydroxylation is 2. The summed E-state index contributed by atoms with van der Waals surface area (Å²) < 4.78 is 9.97. The Hall–Kier alpha value is -2.49. The van der Waals surface area contributed by atoms with Crippen molar-refractivity contribution < 1.29 is 14.1 Å². The summed E-state index contributed by atoms with van der Waals surface area (Å²) in [6, 6.07) is -0.134. The number of aromatic nitrogens is 3. The van der Waals surface area contributed by atoms with Crippen molar-refractivity contribution in [2.45, 2.75) is 40.3 Å². The zero-order valence-electron chi connectivity index (χ0n) is 14.9. The molecule has 0 aliphatic heterocycles. The van der Waals surface area contributed by atoms with Crippen LogP contribution in [0.25, 0.3) is 0 Å². The highest BCUT2D eigenvalue weighted by Crippen LogP contribution is 2.24. The molecule has 136 valence electrons. The Bertz CT molecular complexity index is 754. The van der Waals surface area contributed by atoms with E-state index in [4.69, 9.17) is 9.26 Å². The van der Waals surface area contributed by atoms with Gasteiger partial charge in [-0.05, 0) is 20.8 Å². The smallest absolute Gasteiger partial charge is 0.350 e. The van der Waals surface area contributed by atoms with E-state index >= 15 is 0 Å². The minimum absolute atomic E-state index is 0.134. The molecule has 0 fully saturated rings. The molecule has 2 aromatic rings. The lowest BCUT2D eigenvalue weighted by molar-refractivity contribution is 0.0531. The van der Waals surface area contributed by atoms with Crippen LogP contribution in [0.3, 0.4) is 0 Å². The summed E-state index contributed by atoms with van der Waals surface area (Å²) in [4.78, 5) is 25.2. The molecule has 9 nitrogen and oxygen atoms in total. The monoisotopic (exact) mass is 366 g/mol. The third kappa shape index (κ3) is 4.99. The van der Waals surface area contributed by atoms with Crippen LogP contribution < -0.4 is 10.6 Å². The molecule has 0 spiro atoms. The molecular weight excluding hydrogens is 344 g/mol. The van der Waals surface area contributed by atoms with E-state index in [9.17, 15) is 4.79 Å². The molecule has 2 rings (SSSR count). The summed E-state index contributed by atoms with van der Waals surface area (Å²) in [6.07, 6.45) is 0. The molecule has 0 saturated heterocycles. The number of thiazole rings is 1. The van der Waals surface area contributed by atoms with E-state index in [0.29, 0.717) is 41.4 Å². The van der Waals surface area contributed by atoms with Crippen LogP contribution >= 0.6 is 11.3 Å². The van der Waals surface area contributed by atoms with Crippen LogP contribution in [-0.4, -0.2) is 40.7 Å². The van der Waals surface area contributed by atoms with Crippen molar-refractivity contribution in [2.24, 2.45) is 4.99 Å². The summed E-state index contributed by atoms with van der Waals surface area (Å²) in [5.74, 6) is 1.28. The van der Waals surface area contributed by atoms with Gasteiger partial charge in [-0.2, -0.15) is 4.98 Å². The molecule has 0 aromatic carbocycles. The fraction of sp³-hybridized carbons (Fsp3) is 0.533. The molecule has 1 unspecified atom stereocenters. The van der Waals surface area contributed by atoms with Gasteiger partial charge in [-0.1, -0.05) is 5.16 Å². The molecular formula is C15H22N6O3S. The van der Waals surface area contributed by atoms with Crippen molar-refractivity contribution in [1.82, 2.24) is 25.8 Å². The van der Waals surface area contributed by atoms with Crippen molar-refractivity contribution in [1.29, 1.82) is 0 Å². The van der Waals surface area contributed by atoms with Crippen LogP contribution in [0.4, 0.5) is 0 Å². The van der Waals surface area contributed by atoms with Crippen LogP contribution in [0, 0.1) is 13.8 Å². The molecule has 2 N–H and O–H groups in total. The van der Waals surface area contributed by atoms with E-state index in [-0.39, 0.29) is 12.0 Å². The lowest BCUT2D eigenvalue weighted by Crippen LogP contribution is -2.38. The minimum Gasteiger partial charge on any atom is -0.462 e. The van der Waals surface area contributed by atoms with Crippen LogP contribution in [0.5, 0.6) is 0 Å². The fourth-order valence-corrected chi connectivity index (χ4v) is 2.99. The quantitative estimate of drug-likeness (QED) is 0.451. The van der Waals surface area contributed by atoms with E-state index in [0.717, 1.165) is 5.01 Å². The second-order valence-corrected chi connectivity index (χ2v) is 6.24. The van der Waals surface area contributed by atoms with Crippen molar-refractivity contribution in [3.05, 3.63) is 27.3 Å². The van der Waals surface area contributed by atoms with Crippen molar-refractivity contribution in [3.8, 4) is 0 Å². The summed E-state index contributed by atoms with van der Waals surface area (Å²) in [5, 5.41) is 10.9. The minimum atomic E-state index is -0.342. The zero-order chi connectivity index (χ0) is 18.4. The molecule has 10 heteroatoms. The van der Waals surface area contributed by atoms with Gasteiger partial charge in [0.05, 0.1) is 24.9 Å². The molecule has 0 aliphatic rings. The number of rotatable bonds is 6. The summed E-state index contributed by atoms with van der Waals surface area (Å²) in [7, 11) is 1.67. The average Bonchev–Trinajstić information content (AvgIpc) is 3.17. The van der Waals surface area contributed by atoms with Crippen molar-refractivity contribution in [3.63, 3.8) is 0 Å². The fourth-order valence-electron chi connectivity index (χ4n) is 2.03. The Morgan fingerprint density at radius 1 is 1.40 bits per heavy atom. The van der Waals surface area contributed by atoms with E-state index in [1.165, 1.54) is 11.3 Å². The summed E-state index contributed by atoms with van der Waals surface area (Å²) in [6.45, 7) is 7.97. The maximum Gasteiger partial charge on any atom is 0.350 e. The first-order valence-electron chi connectivity index (χ1n) is 7.85. The predicted molar refractivity (Wildman–Crippen MR) is 93.6 cm³/mol. The average molecular weight is 366 g/mol. The van der Waals surface area contributed by atoms with Gasteiger partial charge in [0.25, 0.3) is 0 Å². The molecule has 0 saturated carbocycles. The number of carbonyl (C=O) groups is 1. The molecule has 0 amide bonds. The van der Waals surface area contributed by atoms with Gasteiger partial charge < -0.3 is 19.9 Å².